The Balaban J connectivity index is 1.32. The summed E-state index contributed by atoms with van der Waals surface area (Å²) in [4.78, 5) is 34.4. The summed E-state index contributed by atoms with van der Waals surface area (Å²) in [6, 6.07) is 17.6. The number of benzene rings is 2. The summed E-state index contributed by atoms with van der Waals surface area (Å²) in [5.41, 5.74) is 4.48. The van der Waals surface area contributed by atoms with Gasteiger partial charge in [0.1, 0.15) is 0 Å². The van der Waals surface area contributed by atoms with E-state index in [9.17, 15) is 9.59 Å². The van der Waals surface area contributed by atoms with Gasteiger partial charge in [0, 0.05) is 48.2 Å². The summed E-state index contributed by atoms with van der Waals surface area (Å²) in [6.45, 7) is 7.46. The third kappa shape index (κ3) is 4.95. The van der Waals surface area contributed by atoms with Gasteiger partial charge >= 0.3 is 0 Å². The van der Waals surface area contributed by atoms with E-state index in [4.69, 9.17) is 11.6 Å². The van der Waals surface area contributed by atoms with E-state index in [0.29, 0.717) is 36.8 Å². The van der Waals surface area contributed by atoms with Gasteiger partial charge in [0.25, 0.3) is 5.91 Å². The molecule has 0 aliphatic carbocycles. The van der Waals surface area contributed by atoms with Gasteiger partial charge in [-0.1, -0.05) is 35.9 Å². The summed E-state index contributed by atoms with van der Waals surface area (Å²) < 4.78 is 0. The van der Waals surface area contributed by atoms with Crippen molar-refractivity contribution in [3.8, 4) is 0 Å². The molecule has 36 heavy (non-hydrogen) atoms. The van der Waals surface area contributed by atoms with Crippen LogP contribution in [0.2, 0.25) is 5.02 Å². The molecule has 5 rings (SSSR count). The minimum Gasteiger partial charge on any atom is -0.340 e. The molecule has 0 spiro atoms. The molecule has 2 atom stereocenters. The average molecular weight is 522 g/mol. The minimum absolute atomic E-state index is 0.00495. The summed E-state index contributed by atoms with van der Waals surface area (Å²) in [5, 5.41) is 2.79. The predicted octanol–water partition coefficient (Wildman–Crippen LogP) is 5.42. The van der Waals surface area contributed by atoms with E-state index in [1.807, 2.05) is 28.1 Å². The number of amides is 2. The van der Waals surface area contributed by atoms with Crippen LogP contribution in [0.25, 0.3) is 0 Å². The lowest BCUT2D eigenvalue weighted by molar-refractivity contribution is -0.137. The van der Waals surface area contributed by atoms with E-state index in [2.05, 4.69) is 47.5 Å². The lowest BCUT2D eigenvalue weighted by atomic mass is 9.89. The number of hydrogen-bond acceptors (Lipinski definition) is 4. The topological polar surface area (TPSA) is 43.9 Å². The third-order valence-corrected chi connectivity index (χ3v) is 8.78. The minimum atomic E-state index is -0.249. The van der Waals surface area contributed by atoms with Gasteiger partial charge < -0.3 is 9.80 Å². The van der Waals surface area contributed by atoms with Gasteiger partial charge in [-0.05, 0) is 79.1 Å². The Morgan fingerprint density at radius 2 is 1.64 bits per heavy atom. The summed E-state index contributed by atoms with van der Waals surface area (Å²) in [5.74, 6) is 0.141. The highest BCUT2D eigenvalue weighted by Crippen LogP contribution is 2.40. The molecule has 1 aromatic heterocycles. The molecule has 188 valence electrons. The SMILES string of the molecule is Cc1ccccc1[C@@H]1c2ccsc2CCN1[C@@H](C)C(=O)N1CCCN(C(=O)c2ccc(Cl)cc2)CC1. The predicted molar refractivity (Wildman–Crippen MR) is 146 cm³/mol. The molecule has 3 heterocycles. The molecule has 3 aromatic rings. The number of aryl methyl sites for hydroxylation is 1. The largest absolute Gasteiger partial charge is 0.340 e. The molecule has 2 aromatic carbocycles. The van der Waals surface area contributed by atoms with Crippen LogP contribution in [0.1, 0.15) is 51.3 Å². The fourth-order valence-corrected chi connectivity index (χ4v) is 6.54. The highest BCUT2D eigenvalue weighted by Gasteiger charge is 2.37. The molecule has 0 bridgehead atoms. The monoisotopic (exact) mass is 521 g/mol. The first-order valence-electron chi connectivity index (χ1n) is 12.6. The van der Waals surface area contributed by atoms with Gasteiger partial charge in [0.05, 0.1) is 12.1 Å². The lowest BCUT2D eigenvalue weighted by Gasteiger charge is -2.41. The molecule has 2 aliphatic rings. The standard InChI is InChI=1S/C29H32ClN3O2S/c1-20-6-3-4-7-24(20)27-25-13-19-36-26(25)12-16-33(27)21(2)28(34)31-14-5-15-32(18-17-31)29(35)22-8-10-23(30)11-9-22/h3-4,6-11,13,19,21,27H,5,12,14-18H2,1-2H3/t21-,27+/m0/s1. The van der Waals surface area contributed by atoms with Crippen LogP contribution in [0.4, 0.5) is 0 Å². The molecule has 0 saturated carbocycles. The number of hydrogen-bond donors (Lipinski definition) is 0. The molecular formula is C29H32ClN3O2S. The van der Waals surface area contributed by atoms with E-state index in [0.717, 1.165) is 19.4 Å². The molecule has 0 N–H and O–H groups in total. The Labute approximate surface area is 222 Å². The molecule has 2 amide bonds. The highest BCUT2D eigenvalue weighted by atomic mass is 35.5. The van der Waals surface area contributed by atoms with Crippen LogP contribution in [0.15, 0.2) is 60.0 Å². The quantitative estimate of drug-likeness (QED) is 0.460. The Hall–Kier alpha value is -2.67. The van der Waals surface area contributed by atoms with E-state index in [1.54, 1.807) is 24.3 Å². The summed E-state index contributed by atoms with van der Waals surface area (Å²) >= 11 is 7.80. The van der Waals surface area contributed by atoms with Crippen LogP contribution in [-0.2, 0) is 11.2 Å². The van der Waals surface area contributed by atoms with Crippen molar-refractivity contribution in [2.45, 2.75) is 38.8 Å². The van der Waals surface area contributed by atoms with E-state index in [1.165, 1.54) is 21.6 Å². The van der Waals surface area contributed by atoms with Crippen molar-refractivity contribution in [1.29, 1.82) is 0 Å². The van der Waals surface area contributed by atoms with Crippen molar-refractivity contribution in [1.82, 2.24) is 14.7 Å². The Morgan fingerprint density at radius 1 is 0.917 bits per heavy atom. The van der Waals surface area contributed by atoms with E-state index >= 15 is 0 Å². The zero-order valence-corrected chi connectivity index (χ0v) is 22.4. The van der Waals surface area contributed by atoms with Gasteiger partial charge in [-0.15, -0.1) is 11.3 Å². The Kier molecular flexibility index (Phi) is 7.47. The lowest BCUT2D eigenvalue weighted by Crippen LogP contribution is -2.51. The van der Waals surface area contributed by atoms with Crippen molar-refractivity contribution in [2.75, 3.05) is 32.7 Å². The molecule has 1 saturated heterocycles. The maximum absolute atomic E-state index is 13.8. The number of nitrogens with zero attached hydrogens (tertiary/aromatic N) is 3. The van der Waals surface area contributed by atoms with Crippen LogP contribution < -0.4 is 0 Å². The zero-order valence-electron chi connectivity index (χ0n) is 20.8. The Morgan fingerprint density at radius 3 is 2.42 bits per heavy atom. The number of carbonyl (C=O) groups excluding carboxylic acids is 2. The molecule has 0 unspecified atom stereocenters. The number of halogens is 1. The van der Waals surface area contributed by atoms with Gasteiger partial charge in [-0.2, -0.15) is 0 Å². The number of thiophene rings is 1. The summed E-state index contributed by atoms with van der Waals surface area (Å²) in [7, 11) is 0. The number of carbonyl (C=O) groups is 2. The maximum Gasteiger partial charge on any atom is 0.253 e. The fraction of sp³-hybridized carbons (Fsp3) is 0.379. The number of rotatable bonds is 4. The van der Waals surface area contributed by atoms with Crippen LogP contribution in [-0.4, -0.2) is 65.3 Å². The average Bonchev–Trinajstić information content (AvgIpc) is 3.24. The van der Waals surface area contributed by atoms with Crippen LogP contribution in [0.5, 0.6) is 0 Å². The van der Waals surface area contributed by atoms with Crippen molar-refractivity contribution in [3.63, 3.8) is 0 Å². The van der Waals surface area contributed by atoms with Crippen molar-refractivity contribution in [3.05, 3.63) is 92.1 Å². The normalized spacial score (nSPS) is 19.5. The number of fused-ring (bicyclic) bond motifs is 1. The van der Waals surface area contributed by atoms with Gasteiger partial charge in [0.15, 0.2) is 0 Å². The van der Waals surface area contributed by atoms with Crippen molar-refractivity contribution >= 4 is 34.8 Å². The second-order valence-electron chi connectivity index (χ2n) is 9.70. The second-order valence-corrected chi connectivity index (χ2v) is 11.1. The molecule has 2 aliphatic heterocycles. The first-order valence-corrected chi connectivity index (χ1v) is 13.9. The maximum atomic E-state index is 13.8. The van der Waals surface area contributed by atoms with Crippen LogP contribution in [0, 0.1) is 6.92 Å². The third-order valence-electron chi connectivity index (χ3n) is 7.53. The second kappa shape index (κ2) is 10.8. The Bertz CT molecular complexity index is 1240. The fourth-order valence-electron chi connectivity index (χ4n) is 5.51. The van der Waals surface area contributed by atoms with Gasteiger partial charge in [-0.25, -0.2) is 0 Å². The van der Waals surface area contributed by atoms with Crippen molar-refractivity contribution < 1.29 is 9.59 Å². The van der Waals surface area contributed by atoms with Crippen LogP contribution >= 0.6 is 22.9 Å². The van der Waals surface area contributed by atoms with E-state index in [-0.39, 0.29) is 23.9 Å². The molecule has 1 fully saturated rings. The van der Waals surface area contributed by atoms with E-state index < -0.39 is 0 Å². The molecule has 7 heteroatoms. The smallest absolute Gasteiger partial charge is 0.253 e. The first kappa shape index (κ1) is 25.0. The van der Waals surface area contributed by atoms with Gasteiger partial charge in [-0.3, -0.25) is 14.5 Å². The van der Waals surface area contributed by atoms with Gasteiger partial charge in [0.2, 0.25) is 5.91 Å². The first-order chi connectivity index (χ1) is 17.4. The molecule has 5 nitrogen and oxygen atoms in total. The summed E-state index contributed by atoms with van der Waals surface area (Å²) in [6.07, 6.45) is 1.74. The molecule has 0 radical (unpaired) electrons. The van der Waals surface area contributed by atoms with Crippen molar-refractivity contribution in [2.24, 2.45) is 0 Å². The molecular weight excluding hydrogens is 490 g/mol. The highest BCUT2D eigenvalue weighted by molar-refractivity contribution is 7.10. The van der Waals surface area contributed by atoms with Crippen LogP contribution in [0.3, 0.4) is 0 Å². The zero-order chi connectivity index (χ0) is 25.2.